The second-order valence-corrected chi connectivity index (χ2v) is 6.72. The summed E-state index contributed by atoms with van der Waals surface area (Å²) in [4.78, 5) is 26.2. The Hall–Kier alpha value is -2.82. The highest BCUT2D eigenvalue weighted by Crippen LogP contribution is 2.41. The molecule has 0 aliphatic carbocycles. The molecule has 1 aliphatic rings. The first kappa shape index (κ1) is 16.1. The summed E-state index contributed by atoms with van der Waals surface area (Å²) in [5.41, 5.74) is 2.91. The molecular formula is C19H19NO4. The van der Waals surface area contributed by atoms with E-state index in [4.69, 9.17) is 9.84 Å². The molecule has 2 aromatic rings. The first-order valence-electron chi connectivity index (χ1n) is 7.72. The van der Waals surface area contributed by atoms with E-state index in [-0.39, 0.29) is 11.5 Å². The van der Waals surface area contributed by atoms with Crippen molar-refractivity contribution >= 4 is 17.5 Å². The van der Waals surface area contributed by atoms with Crippen molar-refractivity contribution in [2.24, 2.45) is 5.41 Å². The summed E-state index contributed by atoms with van der Waals surface area (Å²) in [5.74, 6) is -0.714. The van der Waals surface area contributed by atoms with Gasteiger partial charge >= 0.3 is 11.9 Å². The summed E-state index contributed by atoms with van der Waals surface area (Å²) in [6.45, 7) is 5.67. The van der Waals surface area contributed by atoms with Crippen molar-refractivity contribution in [2.45, 2.75) is 27.2 Å². The Bertz CT molecular complexity index is 841. The van der Waals surface area contributed by atoms with E-state index in [0.717, 1.165) is 16.7 Å². The number of aromatic carboxylic acids is 1. The van der Waals surface area contributed by atoms with Crippen LogP contribution in [-0.4, -0.2) is 22.0 Å². The lowest BCUT2D eigenvalue weighted by molar-refractivity contribution is -0.142. The number of hydrogen-bond donors (Lipinski definition) is 2. The van der Waals surface area contributed by atoms with Crippen LogP contribution in [0.5, 0.6) is 0 Å². The van der Waals surface area contributed by atoms with Crippen LogP contribution >= 0.6 is 0 Å². The Balaban J connectivity index is 2.16. The number of aryl methyl sites for hydroxylation is 1. The van der Waals surface area contributed by atoms with Gasteiger partial charge in [-0.1, -0.05) is 29.8 Å². The highest BCUT2D eigenvalue weighted by atomic mass is 16.5. The van der Waals surface area contributed by atoms with Gasteiger partial charge in [-0.2, -0.15) is 0 Å². The van der Waals surface area contributed by atoms with Gasteiger partial charge in [0.1, 0.15) is 5.76 Å². The van der Waals surface area contributed by atoms with E-state index in [2.05, 4.69) is 4.98 Å². The zero-order chi connectivity index (χ0) is 17.5. The number of carbonyl (C=O) groups is 2. The van der Waals surface area contributed by atoms with E-state index < -0.39 is 11.4 Å². The lowest BCUT2D eigenvalue weighted by atomic mass is 9.89. The van der Waals surface area contributed by atoms with Crippen molar-refractivity contribution in [3.05, 3.63) is 64.7 Å². The number of ether oxygens (including phenoxy) is 1. The van der Waals surface area contributed by atoms with Crippen molar-refractivity contribution in [3.8, 4) is 0 Å². The summed E-state index contributed by atoms with van der Waals surface area (Å²) in [6, 6.07) is 9.39. The van der Waals surface area contributed by atoms with Crippen molar-refractivity contribution < 1.29 is 19.4 Å². The van der Waals surface area contributed by atoms with Gasteiger partial charge in [0.2, 0.25) is 0 Å². The van der Waals surface area contributed by atoms with Gasteiger partial charge in [-0.25, -0.2) is 4.79 Å². The quantitative estimate of drug-likeness (QED) is 0.842. The maximum Gasteiger partial charge on any atom is 0.337 e. The number of nitrogens with one attached hydrogen (secondary N) is 1. The molecule has 0 atom stereocenters. The van der Waals surface area contributed by atoms with Gasteiger partial charge in [-0.05, 0) is 32.4 Å². The molecule has 1 aromatic heterocycles. The van der Waals surface area contributed by atoms with Crippen LogP contribution in [-0.2, 0) is 9.53 Å². The lowest BCUT2D eigenvalue weighted by Crippen LogP contribution is -2.16. The van der Waals surface area contributed by atoms with E-state index in [1.54, 1.807) is 6.07 Å². The predicted octanol–water partition coefficient (Wildman–Crippen LogP) is 3.75. The molecule has 0 saturated carbocycles. The first-order valence-corrected chi connectivity index (χ1v) is 7.72. The maximum atomic E-state index is 12.1. The molecule has 1 aromatic carbocycles. The van der Waals surface area contributed by atoms with Crippen LogP contribution in [0.4, 0.5) is 0 Å². The van der Waals surface area contributed by atoms with Crippen LogP contribution < -0.4 is 0 Å². The van der Waals surface area contributed by atoms with Crippen LogP contribution in [0.1, 0.15) is 47.4 Å². The smallest absolute Gasteiger partial charge is 0.337 e. The molecule has 1 fully saturated rings. The van der Waals surface area contributed by atoms with E-state index in [1.165, 1.54) is 6.20 Å². The minimum Gasteiger partial charge on any atom is -0.478 e. The van der Waals surface area contributed by atoms with E-state index in [0.29, 0.717) is 17.9 Å². The van der Waals surface area contributed by atoms with Crippen LogP contribution in [0.2, 0.25) is 0 Å². The number of H-pyrrole nitrogens is 1. The fourth-order valence-corrected chi connectivity index (χ4v) is 2.75. The molecule has 2 heterocycles. The van der Waals surface area contributed by atoms with Gasteiger partial charge in [-0.15, -0.1) is 0 Å². The number of aromatic amines is 1. The molecule has 2 N–H and O–H groups in total. The van der Waals surface area contributed by atoms with Crippen molar-refractivity contribution in [1.82, 2.24) is 4.98 Å². The molecule has 0 amide bonds. The molecule has 0 unspecified atom stereocenters. The molecule has 1 aliphatic heterocycles. The fourth-order valence-electron chi connectivity index (χ4n) is 2.75. The third-order valence-corrected chi connectivity index (χ3v) is 4.19. The Labute approximate surface area is 140 Å². The Morgan fingerprint density at radius 3 is 2.38 bits per heavy atom. The van der Waals surface area contributed by atoms with Crippen LogP contribution in [0.25, 0.3) is 5.57 Å². The SMILES string of the molecule is Cc1ccc(/C(=C2/CC(C)(C)C(=O)O2)c2cc(C(=O)O)c[nH]2)cc1. The Morgan fingerprint density at radius 2 is 1.88 bits per heavy atom. The first-order chi connectivity index (χ1) is 11.3. The van der Waals surface area contributed by atoms with Gasteiger partial charge < -0.3 is 14.8 Å². The van der Waals surface area contributed by atoms with E-state index in [1.807, 2.05) is 45.0 Å². The van der Waals surface area contributed by atoms with E-state index in [9.17, 15) is 9.59 Å². The van der Waals surface area contributed by atoms with E-state index >= 15 is 0 Å². The summed E-state index contributed by atoms with van der Waals surface area (Å²) >= 11 is 0. The Kier molecular flexibility index (Phi) is 3.79. The summed E-state index contributed by atoms with van der Waals surface area (Å²) < 4.78 is 5.52. The number of cyclic esters (lactones) is 1. The number of carbonyl (C=O) groups excluding carboxylic acids is 1. The molecule has 0 spiro atoms. The predicted molar refractivity (Wildman–Crippen MR) is 89.4 cm³/mol. The van der Waals surface area contributed by atoms with Crippen LogP contribution in [0, 0.1) is 12.3 Å². The minimum absolute atomic E-state index is 0.166. The van der Waals surface area contributed by atoms with Gasteiger partial charge in [0.15, 0.2) is 0 Å². The number of aromatic nitrogens is 1. The average Bonchev–Trinajstić information content (AvgIpc) is 3.07. The third kappa shape index (κ3) is 2.85. The number of benzene rings is 1. The molecule has 0 bridgehead atoms. The van der Waals surface area contributed by atoms with Gasteiger partial charge in [0, 0.05) is 18.2 Å². The third-order valence-electron chi connectivity index (χ3n) is 4.19. The number of hydrogen-bond acceptors (Lipinski definition) is 3. The van der Waals surface area contributed by atoms with Gasteiger partial charge in [0.25, 0.3) is 0 Å². The largest absolute Gasteiger partial charge is 0.478 e. The molecular weight excluding hydrogens is 306 g/mol. The molecule has 0 radical (unpaired) electrons. The zero-order valence-corrected chi connectivity index (χ0v) is 13.8. The molecule has 1 saturated heterocycles. The number of carboxylic acid groups (broad SMARTS) is 1. The number of allylic oxidation sites excluding steroid dienone is 1. The van der Waals surface area contributed by atoms with Crippen molar-refractivity contribution in [3.63, 3.8) is 0 Å². The lowest BCUT2D eigenvalue weighted by Gasteiger charge is -2.11. The topological polar surface area (TPSA) is 79.4 Å². The molecule has 24 heavy (non-hydrogen) atoms. The minimum atomic E-state index is -1.01. The number of esters is 1. The monoisotopic (exact) mass is 325 g/mol. The van der Waals surface area contributed by atoms with Crippen molar-refractivity contribution in [1.29, 1.82) is 0 Å². The highest BCUT2D eigenvalue weighted by Gasteiger charge is 2.40. The summed E-state index contributed by atoms with van der Waals surface area (Å²) in [5, 5.41) is 9.16. The number of rotatable bonds is 3. The highest BCUT2D eigenvalue weighted by molar-refractivity contribution is 5.91. The maximum absolute atomic E-state index is 12.1. The normalized spacial score (nSPS) is 18.4. The zero-order valence-electron chi connectivity index (χ0n) is 13.8. The Morgan fingerprint density at radius 1 is 1.21 bits per heavy atom. The molecule has 5 heteroatoms. The molecule has 3 rings (SSSR count). The van der Waals surface area contributed by atoms with Crippen LogP contribution in [0.15, 0.2) is 42.3 Å². The fraction of sp³-hybridized carbons (Fsp3) is 0.263. The summed E-state index contributed by atoms with van der Waals surface area (Å²) in [6.07, 6.45) is 1.91. The second-order valence-electron chi connectivity index (χ2n) is 6.72. The average molecular weight is 325 g/mol. The second kappa shape index (κ2) is 5.67. The van der Waals surface area contributed by atoms with Crippen LogP contribution in [0.3, 0.4) is 0 Å². The van der Waals surface area contributed by atoms with Gasteiger partial charge in [-0.3, -0.25) is 4.79 Å². The molecule has 5 nitrogen and oxygen atoms in total. The molecule has 124 valence electrons. The standard InChI is InChI=1S/C19H19NO4/c1-11-4-6-12(7-5-11)16(14-8-13(10-20-14)17(21)22)15-9-19(2,3)18(23)24-15/h4-8,10,20H,9H2,1-3H3,(H,21,22)/b16-15+. The van der Waals surface area contributed by atoms with Gasteiger partial charge in [0.05, 0.1) is 16.7 Å². The number of carboxylic acids is 1. The van der Waals surface area contributed by atoms with Crippen molar-refractivity contribution in [2.75, 3.05) is 0 Å². The summed E-state index contributed by atoms with van der Waals surface area (Å²) in [7, 11) is 0.